The Morgan fingerprint density at radius 2 is 1.06 bits per heavy atom. The third-order valence-electron chi connectivity index (χ3n) is 6.44. The summed E-state index contributed by atoms with van der Waals surface area (Å²) in [6, 6.07) is 9.07. The van der Waals surface area contributed by atoms with Gasteiger partial charge in [0.15, 0.2) is 4.77 Å². The molecule has 1 unspecified atom stereocenters. The second-order valence-electron chi connectivity index (χ2n) is 9.15. The van der Waals surface area contributed by atoms with Gasteiger partial charge in [0.25, 0.3) is 0 Å². The maximum absolute atomic E-state index is 6.48. The van der Waals surface area contributed by atoms with Gasteiger partial charge in [0.2, 0.25) is 0 Å². The lowest BCUT2D eigenvalue weighted by atomic mass is 10.0. The summed E-state index contributed by atoms with van der Waals surface area (Å²) in [6.45, 7) is 17.6. The van der Waals surface area contributed by atoms with Gasteiger partial charge in [-0.1, -0.05) is 75.2 Å². The van der Waals surface area contributed by atoms with Gasteiger partial charge in [-0.25, -0.2) is 0 Å². The van der Waals surface area contributed by atoms with Crippen molar-refractivity contribution in [3.63, 3.8) is 0 Å². The topological polar surface area (TPSA) is 9.86 Å². The molecule has 1 aliphatic rings. The minimum absolute atomic E-state index is 0.373. The van der Waals surface area contributed by atoms with Crippen LogP contribution in [0.2, 0.25) is 0 Å². The van der Waals surface area contributed by atoms with Gasteiger partial charge >= 0.3 is 0 Å². The molecule has 1 atom stereocenters. The van der Waals surface area contributed by atoms with Crippen LogP contribution in [0.5, 0.6) is 0 Å². The molecule has 0 radical (unpaired) electrons. The van der Waals surface area contributed by atoms with Crippen LogP contribution in [0, 0.1) is 60.2 Å². The molecule has 0 fully saturated rings. The summed E-state index contributed by atoms with van der Waals surface area (Å²) < 4.78 is 6.09. The van der Waals surface area contributed by atoms with Crippen LogP contribution in [0.3, 0.4) is 0 Å². The second kappa shape index (κ2) is 9.02. The maximum atomic E-state index is 6.48. The molecule has 0 spiro atoms. The van der Waals surface area contributed by atoms with E-state index in [9.17, 15) is 0 Å². The van der Waals surface area contributed by atoms with E-state index in [-0.39, 0.29) is 10.5 Å². The minimum Gasteiger partial charge on any atom is -0.293 e. The summed E-state index contributed by atoms with van der Waals surface area (Å²) in [5.41, 5.74) is 12.6. The first-order chi connectivity index (χ1) is 15.5. The average molecular weight is 500 g/mol. The number of halogens is 2. The minimum atomic E-state index is -0.554. The average Bonchev–Trinajstić information content (AvgIpc) is 3.26. The van der Waals surface area contributed by atoms with Crippen molar-refractivity contribution < 1.29 is 0 Å². The molecule has 0 bridgehead atoms. The number of benzene rings is 2. The molecule has 1 aliphatic heterocycles. The molecule has 0 N–H and O–H groups in total. The molecule has 0 amide bonds. The Labute approximate surface area is 210 Å². The number of rotatable bonds is 3. The summed E-state index contributed by atoms with van der Waals surface area (Å²) in [5.74, 6) is 0. The number of aryl methyl sites for hydroxylation is 6. The van der Waals surface area contributed by atoms with Crippen LogP contribution in [0.15, 0.2) is 46.7 Å². The summed E-state index contributed by atoms with van der Waals surface area (Å²) >= 11 is 13.0. The highest BCUT2D eigenvalue weighted by atomic mass is 35.5. The van der Waals surface area contributed by atoms with Crippen molar-refractivity contribution >= 4 is 33.7 Å². The highest BCUT2D eigenvalue weighted by molar-refractivity contribution is 8.15. The van der Waals surface area contributed by atoms with Gasteiger partial charge in [-0.3, -0.25) is 9.13 Å². The van der Waals surface area contributed by atoms with Crippen LogP contribution in [0.4, 0.5) is 0 Å². The van der Waals surface area contributed by atoms with Gasteiger partial charge in [0.05, 0.1) is 11.4 Å². The quantitative estimate of drug-likeness (QED) is 0.252. The Hall–Kier alpha value is -1.94. The zero-order chi connectivity index (χ0) is 24.2. The van der Waals surface area contributed by atoms with Gasteiger partial charge in [0.1, 0.15) is 4.84 Å². The highest BCUT2D eigenvalue weighted by Gasteiger charge is 2.24. The molecular weight excluding hydrogens is 467 g/mol. The number of allylic oxidation sites excluding steroid dienone is 3. The van der Waals surface area contributed by atoms with Crippen LogP contribution in [0.1, 0.15) is 44.8 Å². The first-order valence-electron chi connectivity index (χ1n) is 11.2. The molecule has 4 rings (SSSR count). The van der Waals surface area contributed by atoms with E-state index in [4.69, 9.17) is 23.2 Å². The van der Waals surface area contributed by atoms with Crippen molar-refractivity contribution in [2.75, 3.05) is 0 Å². The normalized spacial score (nSPS) is 15.6. The SMILES string of the molecule is Cc1cc(C)c(-n2c(C)c(C)n(-c3c(C)cc(C)cc3C)c2=S2C=CC=C2C(Cl)Cl)c(C)c1. The summed E-state index contributed by atoms with van der Waals surface area (Å²) in [7, 11) is -0.373. The predicted molar refractivity (Wildman–Crippen MR) is 147 cm³/mol. The van der Waals surface area contributed by atoms with E-state index in [0.717, 1.165) is 4.91 Å². The summed E-state index contributed by atoms with van der Waals surface area (Å²) in [5, 5.41) is 2.24. The van der Waals surface area contributed by atoms with E-state index in [1.165, 1.54) is 60.9 Å². The van der Waals surface area contributed by atoms with Crippen molar-refractivity contribution in [2.45, 2.75) is 60.2 Å². The number of imidazole rings is 1. The van der Waals surface area contributed by atoms with Crippen LogP contribution >= 0.6 is 33.7 Å². The molecule has 2 aromatic carbocycles. The van der Waals surface area contributed by atoms with Gasteiger partial charge in [-0.15, -0.1) is 0 Å². The first kappa shape index (κ1) is 24.2. The van der Waals surface area contributed by atoms with E-state index in [1.807, 2.05) is 0 Å². The fourth-order valence-corrected chi connectivity index (χ4v) is 7.90. The van der Waals surface area contributed by atoms with E-state index >= 15 is 0 Å². The molecule has 0 aliphatic carbocycles. The molecule has 1 aromatic heterocycles. The molecule has 3 aromatic rings. The molecule has 174 valence electrons. The zero-order valence-electron chi connectivity index (χ0n) is 20.7. The number of hydrogen-bond donors (Lipinski definition) is 0. The largest absolute Gasteiger partial charge is 0.293 e. The Balaban J connectivity index is 2.28. The van der Waals surface area contributed by atoms with Crippen molar-refractivity contribution in [3.8, 4) is 11.4 Å². The lowest BCUT2D eigenvalue weighted by Crippen LogP contribution is -2.08. The fraction of sp³-hybridized carbons (Fsp3) is 0.321. The lowest BCUT2D eigenvalue weighted by Gasteiger charge is -2.19. The lowest BCUT2D eigenvalue weighted by molar-refractivity contribution is 0.907. The highest BCUT2D eigenvalue weighted by Crippen LogP contribution is 2.43. The maximum Gasteiger partial charge on any atom is 0.156 e. The van der Waals surface area contributed by atoms with Crippen LogP contribution in [-0.2, 0) is 0 Å². The van der Waals surface area contributed by atoms with Crippen LogP contribution in [-0.4, -0.2) is 14.0 Å². The fourth-order valence-electron chi connectivity index (χ4n) is 5.18. The van der Waals surface area contributed by atoms with Crippen LogP contribution in [0.25, 0.3) is 11.4 Å². The summed E-state index contributed by atoms with van der Waals surface area (Å²) in [6.07, 6.45) is 4.16. The Morgan fingerprint density at radius 3 is 1.42 bits per heavy atom. The van der Waals surface area contributed by atoms with Crippen molar-refractivity contribution in [1.82, 2.24) is 9.13 Å². The Morgan fingerprint density at radius 1 is 0.667 bits per heavy atom. The first-order valence-corrected chi connectivity index (χ1v) is 13.4. The van der Waals surface area contributed by atoms with E-state index in [1.54, 1.807) is 0 Å². The number of aromatic nitrogens is 2. The standard InChI is InChI=1S/C28H32Cl2N2S/c1-16-12-18(3)25(19(4)13-16)31-22(7)23(8)32(26-20(5)14-17(2)15-21(26)6)28(31)33-11-9-10-24(33)27(29)30/h9-15,27H,1-8H3. The van der Waals surface area contributed by atoms with Gasteiger partial charge < -0.3 is 0 Å². The second-order valence-corrected chi connectivity index (χ2v) is 12.0. The summed E-state index contributed by atoms with van der Waals surface area (Å²) in [4.78, 5) is 0.483. The third kappa shape index (κ3) is 4.09. The number of nitrogens with zero attached hydrogens (tertiary/aromatic N) is 2. The Kier molecular flexibility index (Phi) is 6.61. The molecule has 2 heterocycles. The van der Waals surface area contributed by atoms with Crippen molar-refractivity contribution in [2.24, 2.45) is 0 Å². The van der Waals surface area contributed by atoms with Crippen LogP contribution < -0.4 is 0 Å². The zero-order valence-corrected chi connectivity index (χ0v) is 23.0. The van der Waals surface area contributed by atoms with Gasteiger partial charge in [0, 0.05) is 16.3 Å². The molecule has 0 saturated carbocycles. The number of alkyl halides is 2. The molecule has 2 nitrogen and oxygen atoms in total. The molecular formula is C28H32Cl2N2S. The molecule has 33 heavy (non-hydrogen) atoms. The van der Waals surface area contributed by atoms with Crippen molar-refractivity contribution in [3.05, 3.63) is 96.3 Å². The smallest absolute Gasteiger partial charge is 0.156 e. The number of hydrogen-bond acceptors (Lipinski definition) is 0. The monoisotopic (exact) mass is 498 g/mol. The third-order valence-corrected chi connectivity index (χ3v) is 9.23. The van der Waals surface area contributed by atoms with Crippen molar-refractivity contribution in [1.29, 1.82) is 0 Å². The van der Waals surface area contributed by atoms with E-state index in [0.29, 0.717) is 0 Å². The van der Waals surface area contributed by atoms with Gasteiger partial charge in [-0.05, 0) is 89.1 Å². The van der Waals surface area contributed by atoms with E-state index in [2.05, 4.69) is 106 Å². The predicted octanol–water partition coefficient (Wildman–Crippen LogP) is 8.75. The molecule has 0 saturated heterocycles. The van der Waals surface area contributed by atoms with E-state index < -0.39 is 4.84 Å². The Bertz CT molecular complexity index is 1280. The van der Waals surface area contributed by atoms with Gasteiger partial charge in [-0.2, -0.15) is 0 Å². The molecule has 5 heteroatoms.